The van der Waals surface area contributed by atoms with Crippen molar-refractivity contribution in [2.45, 2.75) is 63.5 Å². The first-order valence-corrected chi connectivity index (χ1v) is 10.1. The Morgan fingerprint density at radius 1 is 1.05 bits per heavy atom. The number of urea groups is 1. The topological polar surface area (TPSA) is 66.5 Å². The van der Waals surface area contributed by atoms with E-state index >= 15 is 0 Å². The van der Waals surface area contributed by atoms with Gasteiger partial charge >= 0.3 is 6.03 Å². The van der Waals surface area contributed by atoms with E-state index in [1.807, 2.05) is 4.90 Å². The van der Waals surface area contributed by atoms with Crippen molar-refractivity contribution < 1.29 is 13.2 Å². The molecule has 2 aliphatic carbocycles. The molecule has 1 N–H and O–H groups in total. The molecular formula is C15H26N2O3S. The van der Waals surface area contributed by atoms with Gasteiger partial charge in [0.15, 0.2) is 9.84 Å². The fraction of sp³-hybridized carbons (Fsp3) is 0.933. The predicted molar refractivity (Wildman–Crippen MR) is 81.9 cm³/mol. The van der Waals surface area contributed by atoms with Gasteiger partial charge in [-0.1, -0.05) is 19.3 Å². The largest absolute Gasteiger partial charge is 0.334 e. The minimum absolute atomic E-state index is 0.0369. The summed E-state index contributed by atoms with van der Waals surface area (Å²) in [5, 5.41) is 2.95. The minimum atomic E-state index is -2.93. The van der Waals surface area contributed by atoms with Gasteiger partial charge in [-0.15, -0.1) is 0 Å². The van der Waals surface area contributed by atoms with Crippen molar-refractivity contribution >= 4 is 15.9 Å². The highest BCUT2D eigenvalue weighted by Crippen LogP contribution is 2.31. The maximum Gasteiger partial charge on any atom is 0.317 e. The SMILES string of the molecule is O=C(NC1CCS(=O)(=O)C1)N(CC1CCCCC1)C1CC1. The molecule has 5 nitrogen and oxygen atoms in total. The lowest BCUT2D eigenvalue weighted by atomic mass is 9.89. The summed E-state index contributed by atoms with van der Waals surface area (Å²) in [6, 6.07) is 0.171. The molecule has 0 aromatic heterocycles. The third-order valence-corrected chi connectivity index (χ3v) is 6.76. The van der Waals surface area contributed by atoms with Gasteiger partial charge in [-0.25, -0.2) is 13.2 Å². The van der Waals surface area contributed by atoms with Crippen LogP contribution in [0.3, 0.4) is 0 Å². The summed E-state index contributed by atoms with van der Waals surface area (Å²) >= 11 is 0. The number of carbonyl (C=O) groups excluding carboxylic acids is 1. The number of rotatable bonds is 4. The van der Waals surface area contributed by atoms with Gasteiger partial charge in [0.05, 0.1) is 11.5 Å². The van der Waals surface area contributed by atoms with Crippen LogP contribution in [-0.2, 0) is 9.84 Å². The molecule has 3 aliphatic rings. The summed E-state index contributed by atoms with van der Waals surface area (Å²) in [5.74, 6) is 0.961. The van der Waals surface area contributed by atoms with Gasteiger partial charge < -0.3 is 10.2 Å². The molecule has 1 saturated heterocycles. The zero-order chi connectivity index (χ0) is 14.9. The van der Waals surface area contributed by atoms with Gasteiger partial charge in [-0.2, -0.15) is 0 Å². The van der Waals surface area contributed by atoms with E-state index in [1.165, 1.54) is 32.1 Å². The molecule has 120 valence electrons. The molecule has 1 unspecified atom stereocenters. The Hall–Kier alpha value is -0.780. The molecule has 0 spiro atoms. The molecule has 0 radical (unpaired) electrons. The molecule has 1 heterocycles. The Morgan fingerprint density at radius 2 is 1.76 bits per heavy atom. The van der Waals surface area contributed by atoms with Gasteiger partial charge in [0.1, 0.15) is 0 Å². The van der Waals surface area contributed by atoms with Crippen LogP contribution in [0.25, 0.3) is 0 Å². The summed E-state index contributed by atoms with van der Waals surface area (Å²) in [4.78, 5) is 14.5. The lowest BCUT2D eigenvalue weighted by Gasteiger charge is -2.30. The summed E-state index contributed by atoms with van der Waals surface area (Å²) in [5.41, 5.74) is 0. The first-order chi connectivity index (χ1) is 10.0. The molecule has 1 atom stereocenters. The number of nitrogens with one attached hydrogen (secondary N) is 1. The van der Waals surface area contributed by atoms with Crippen LogP contribution < -0.4 is 5.32 Å². The van der Waals surface area contributed by atoms with Crippen LogP contribution >= 0.6 is 0 Å². The fourth-order valence-corrected chi connectivity index (χ4v) is 5.27. The summed E-state index contributed by atoms with van der Waals surface area (Å²) < 4.78 is 23.0. The van der Waals surface area contributed by atoms with Crippen molar-refractivity contribution in [3.63, 3.8) is 0 Å². The Kier molecular flexibility index (Phi) is 4.43. The molecule has 1 aliphatic heterocycles. The van der Waals surface area contributed by atoms with Crippen molar-refractivity contribution in [1.29, 1.82) is 0 Å². The maximum atomic E-state index is 12.5. The second kappa shape index (κ2) is 6.15. The van der Waals surface area contributed by atoms with Crippen LogP contribution in [0.4, 0.5) is 4.79 Å². The Morgan fingerprint density at radius 3 is 2.33 bits per heavy atom. The Balaban J connectivity index is 1.54. The van der Waals surface area contributed by atoms with E-state index in [-0.39, 0.29) is 23.6 Å². The smallest absolute Gasteiger partial charge is 0.317 e. The quantitative estimate of drug-likeness (QED) is 0.862. The summed E-state index contributed by atoms with van der Waals surface area (Å²) in [6.45, 7) is 0.857. The highest BCUT2D eigenvalue weighted by atomic mass is 32.2. The Labute approximate surface area is 127 Å². The molecule has 3 fully saturated rings. The standard InChI is InChI=1S/C15H26N2O3S/c18-15(16-13-8-9-21(19,20)11-13)17(14-6-7-14)10-12-4-2-1-3-5-12/h12-14H,1-11H2,(H,16,18). The number of nitrogens with zero attached hydrogens (tertiary/aromatic N) is 1. The van der Waals surface area contributed by atoms with E-state index in [0.29, 0.717) is 18.4 Å². The maximum absolute atomic E-state index is 12.5. The second-order valence-corrected chi connectivity index (χ2v) is 9.17. The van der Waals surface area contributed by atoms with E-state index in [9.17, 15) is 13.2 Å². The van der Waals surface area contributed by atoms with E-state index in [0.717, 1.165) is 19.4 Å². The molecule has 0 aromatic carbocycles. The van der Waals surface area contributed by atoms with Crippen LogP contribution in [0, 0.1) is 5.92 Å². The molecule has 21 heavy (non-hydrogen) atoms. The molecule has 3 rings (SSSR count). The average Bonchev–Trinajstić information content (AvgIpc) is 3.22. The Bertz CT molecular complexity index is 481. The van der Waals surface area contributed by atoms with Crippen molar-refractivity contribution in [3.8, 4) is 0 Å². The third-order valence-electron chi connectivity index (χ3n) is 4.99. The number of hydrogen-bond donors (Lipinski definition) is 1. The van der Waals surface area contributed by atoms with Gasteiger partial charge in [-0.05, 0) is 38.0 Å². The molecule has 2 saturated carbocycles. The number of carbonyl (C=O) groups is 1. The first kappa shape index (κ1) is 15.1. The van der Waals surface area contributed by atoms with Crippen molar-refractivity contribution in [2.24, 2.45) is 5.92 Å². The average molecular weight is 314 g/mol. The van der Waals surface area contributed by atoms with E-state index < -0.39 is 9.84 Å². The fourth-order valence-electron chi connectivity index (χ4n) is 3.60. The number of sulfone groups is 1. The van der Waals surface area contributed by atoms with Crippen LogP contribution in [-0.4, -0.2) is 49.5 Å². The molecule has 6 heteroatoms. The van der Waals surface area contributed by atoms with Gasteiger partial charge in [0.2, 0.25) is 0 Å². The first-order valence-electron chi connectivity index (χ1n) is 8.31. The molecule has 2 amide bonds. The lowest BCUT2D eigenvalue weighted by molar-refractivity contribution is 0.172. The second-order valence-electron chi connectivity index (χ2n) is 6.94. The van der Waals surface area contributed by atoms with Gasteiger partial charge in [0, 0.05) is 18.6 Å². The predicted octanol–water partition coefficient (Wildman–Crippen LogP) is 1.93. The van der Waals surface area contributed by atoms with Crippen molar-refractivity contribution in [1.82, 2.24) is 10.2 Å². The zero-order valence-electron chi connectivity index (χ0n) is 12.6. The number of amides is 2. The zero-order valence-corrected chi connectivity index (χ0v) is 13.4. The third kappa shape index (κ3) is 4.11. The lowest BCUT2D eigenvalue weighted by Crippen LogP contribution is -2.48. The van der Waals surface area contributed by atoms with Crippen molar-refractivity contribution in [3.05, 3.63) is 0 Å². The minimum Gasteiger partial charge on any atom is -0.334 e. The molecule has 0 aromatic rings. The van der Waals surface area contributed by atoms with Gasteiger partial charge in [-0.3, -0.25) is 0 Å². The highest BCUT2D eigenvalue weighted by Gasteiger charge is 2.36. The summed E-state index contributed by atoms with van der Waals surface area (Å²) in [6.07, 6.45) is 9.12. The normalized spacial score (nSPS) is 29.2. The van der Waals surface area contributed by atoms with E-state index in [4.69, 9.17) is 0 Å². The van der Waals surface area contributed by atoms with E-state index in [1.54, 1.807) is 0 Å². The highest BCUT2D eigenvalue weighted by molar-refractivity contribution is 7.91. The van der Waals surface area contributed by atoms with E-state index in [2.05, 4.69) is 5.32 Å². The monoisotopic (exact) mass is 314 g/mol. The molecule has 0 bridgehead atoms. The van der Waals surface area contributed by atoms with Crippen LogP contribution in [0.2, 0.25) is 0 Å². The van der Waals surface area contributed by atoms with Crippen LogP contribution in [0.5, 0.6) is 0 Å². The summed E-state index contributed by atoms with van der Waals surface area (Å²) in [7, 11) is -2.93. The van der Waals surface area contributed by atoms with Crippen LogP contribution in [0.1, 0.15) is 51.4 Å². The van der Waals surface area contributed by atoms with Crippen LogP contribution in [0.15, 0.2) is 0 Å². The number of hydrogen-bond acceptors (Lipinski definition) is 3. The van der Waals surface area contributed by atoms with Crippen molar-refractivity contribution in [2.75, 3.05) is 18.1 Å². The molecular weight excluding hydrogens is 288 g/mol. The van der Waals surface area contributed by atoms with Gasteiger partial charge in [0.25, 0.3) is 0 Å².